The van der Waals surface area contributed by atoms with Gasteiger partial charge in [0.1, 0.15) is 18.1 Å². The molecule has 0 spiro atoms. The van der Waals surface area contributed by atoms with Crippen molar-refractivity contribution in [2.45, 2.75) is 0 Å². The average molecular weight is 248 g/mol. The van der Waals surface area contributed by atoms with E-state index in [0.717, 1.165) is 5.56 Å². The Kier molecular flexibility index (Phi) is 2.71. The first-order valence-electron chi connectivity index (χ1n) is 5.58. The van der Waals surface area contributed by atoms with Crippen LogP contribution in [0.1, 0.15) is 17.0 Å². The fourth-order valence-corrected chi connectivity index (χ4v) is 1.69. The Labute approximate surface area is 108 Å². The summed E-state index contributed by atoms with van der Waals surface area (Å²) in [4.78, 5) is 3.94. The summed E-state index contributed by atoms with van der Waals surface area (Å²) in [5.41, 5.74) is 1.80. The Hall–Kier alpha value is -3.07. The van der Waals surface area contributed by atoms with Crippen LogP contribution < -0.4 is 0 Å². The number of benzene rings is 1. The summed E-state index contributed by atoms with van der Waals surface area (Å²) in [6.45, 7) is 0. The molecule has 2 aromatic heterocycles. The zero-order valence-electron chi connectivity index (χ0n) is 9.80. The molecule has 0 unspecified atom stereocenters. The van der Waals surface area contributed by atoms with Crippen molar-refractivity contribution in [1.82, 2.24) is 24.8 Å². The molecule has 3 aromatic rings. The number of aromatic nitrogens is 5. The van der Waals surface area contributed by atoms with E-state index in [-0.39, 0.29) is 5.69 Å². The van der Waals surface area contributed by atoms with E-state index in [9.17, 15) is 0 Å². The van der Waals surface area contributed by atoms with Gasteiger partial charge in [-0.15, -0.1) is 10.2 Å². The summed E-state index contributed by atoms with van der Waals surface area (Å²) >= 11 is 0. The molecule has 3 rings (SSSR count). The lowest BCUT2D eigenvalue weighted by molar-refractivity contribution is 0.864. The molecule has 0 bridgehead atoms. The summed E-state index contributed by atoms with van der Waals surface area (Å²) in [5.74, 6) is 0.367. The Morgan fingerprint density at radius 3 is 2.74 bits per heavy atom. The lowest BCUT2D eigenvalue weighted by Gasteiger charge is -1.99. The predicted octanol–water partition coefficient (Wildman–Crippen LogP) is 1.56. The first-order chi connectivity index (χ1) is 9.38. The lowest BCUT2D eigenvalue weighted by atomic mass is 10.2. The maximum atomic E-state index is 9.06. The van der Waals surface area contributed by atoms with Gasteiger partial charge in [0.05, 0.1) is 0 Å². The molecule has 90 valence electrons. The maximum Gasteiger partial charge on any atom is 0.272 e. The third-order valence-corrected chi connectivity index (χ3v) is 2.58. The van der Waals surface area contributed by atoms with Gasteiger partial charge in [0.25, 0.3) is 5.78 Å². The summed E-state index contributed by atoms with van der Waals surface area (Å²) in [6, 6.07) is 11.8. The first-order valence-corrected chi connectivity index (χ1v) is 5.58. The monoisotopic (exact) mass is 248 g/mol. The second-order valence-electron chi connectivity index (χ2n) is 3.76. The van der Waals surface area contributed by atoms with Gasteiger partial charge in [0.15, 0.2) is 5.69 Å². The molecule has 1 aromatic carbocycles. The van der Waals surface area contributed by atoms with Crippen LogP contribution >= 0.6 is 0 Å². The molecular weight excluding hydrogens is 240 g/mol. The summed E-state index contributed by atoms with van der Waals surface area (Å²) in [7, 11) is 0. The fourth-order valence-electron chi connectivity index (χ4n) is 1.69. The second kappa shape index (κ2) is 4.66. The standard InChI is InChI=1S/C13H8N6/c14-8-11-12(7-6-10-4-2-1-3-5-10)19-13(18-17-11)15-9-16-19/h1-7,9H/b7-6+. The Morgan fingerprint density at radius 1 is 1.11 bits per heavy atom. The third-order valence-electron chi connectivity index (χ3n) is 2.58. The molecule has 0 saturated heterocycles. The number of fused-ring (bicyclic) bond motifs is 1. The molecule has 0 amide bonds. The average Bonchev–Trinajstić information content (AvgIpc) is 2.94. The van der Waals surface area contributed by atoms with E-state index in [2.05, 4.69) is 20.3 Å². The van der Waals surface area contributed by atoms with Crippen LogP contribution in [-0.2, 0) is 0 Å². The topological polar surface area (TPSA) is 79.8 Å². The van der Waals surface area contributed by atoms with Crippen molar-refractivity contribution in [3.05, 3.63) is 53.6 Å². The maximum absolute atomic E-state index is 9.06. The van der Waals surface area contributed by atoms with Crippen LogP contribution in [0, 0.1) is 11.3 Å². The van der Waals surface area contributed by atoms with E-state index in [1.54, 1.807) is 6.08 Å². The van der Waals surface area contributed by atoms with Gasteiger partial charge in [-0.05, 0) is 11.6 Å². The quantitative estimate of drug-likeness (QED) is 0.687. The van der Waals surface area contributed by atoms with Crippen LogP contribution in [0.3, 0.4) is 0 Å². The van der Waals surface area contributed by atoms with Crippen molar-refractivity contribution in [2.24, 2.45) is 0 Å². The largest absolute Gasteiger partial charge is 0.272 e. The molecule has 19 heavy (non-hydrogen) atoms. The minimum atomic E-state index is 0.213. The predicted molar refractivity (Wildman–Crippen MR) is 68.7 cm³/mol. The minimum Gasteiger partial charge on any atom is -0.196 e. The summed E-state index contributed by atoms with van der Waals surface area (Å²) in [6.07, 6.45) is 5.05. The zero-order chi connectivity index (χ0) is 13.1. The highest BCUT2D eigenvalue weighted by Crippen LogP contribution is 2.10. The van der Waals surface area contributed by atoms with Crippen LogP contribution in [-0.4, -0.2) is 24.8 Å². The smallest absolute Gasteiger partial charge is 0.196 e. The van der Waals surface area contributed by atoms with Gasteiger partial charge >= 0.3 is 0 Å². The van der Waals surface area contributed by atoms with Crippen LogP contribution in [0.5, 0.6) is 0 Å². The molecule has 0 atom stereocenters. The molecule has 0 aliphatic rings. The molecule has 6 heteroatoms. The van der Waals surface area contributed by atoms with Gasteiger partial charge < -0.3 is 0 Å². The molecule has 0 saturated carbocycles. The minimum absolute atomic E-state index is 0.213. The molecular formula is C13H8N6. The van der Waals surface area contributed by atoms with Crippen LogP contribution in [0.25, 0.3) is 17.9 Å². The first kappa shape index (κ1) is 11.0. The van der Waals surface area contributed by atoms with E-state index in [1.165, 1.54) is 10.8 Å². The number of hydrogen-bond donors (Lipinski definition) is 0. The zero-order valence-corrected chi connectivity index (χ0v) is 9.80. The Balaban J connectivity index is 2.12. The van der Waals surface area contributed by atoms with E-state index in [0.29, 0.717) is 11.5 Å². The van der Waals surface area contributed by atoms with Crippen LogP contribution in [0.4, 0.5) is 0 Å². The fraction of sp³-hybridized carbons (Fsp3) is 0. The van der Waals surface area contributed by atoms with Gasteiger partial charge in [0.2, 0.25) is 0 Å². The van der Waals surface area contributed by atoms with Gasteiger partial charge in [-0.25, -0.2) is 0 Å². The van der Waals surface area contributed by atoms with Crippen molar-refractivity contribution >= 4 is 17.9 Å². The SMILES string of the molecule is N#Cc1nnc2ncnn2c1/C=C/c1ccccc1. The van der Waals surface area contributed by atoms with Gasteiger partial charge in [0, 0.05) is 0 Å². The van der Waals surface area contributed by atoms with Crippen molar-refractivity contribution < 1.29 is 0 Å². The van der Waals surface area contributed by atoms with Crippen molar-refractivity contribution in [3.63, 3.8) is 0 Å². The molecule has 2 heterocycles. The number of hydrogen-bond acceptors (Lipinski definition) is 5. The van der Waals surface area contributed by atoms with E-state index in [4.69, 9.17) is 5.26 Å². The van der Waals surface area contributed by atoms with Crippen molar-refractivity contribution in [3.8, 4) is 6.07 Å². The molecule has 0 radical (unpaired) electrons. The van der Waals surface area contributed by atoms with Crippen molar-refractivity contribution in [1.29, 1.82) is 5.26 Å². The molecule has 0 N–H and O–H groups in total. The Bertz CT molecular complexity index is 782. The normalized spacial score (nSPS) is 10.9. The highest BCUT2D eigenvalue weighted by molar-refractivity contribution is 5.70. The summed E-state index contributed by atoms with van der Waals surface area (Å²) < 4.78 is 1.49. The van der Waals surface area contributed by atoms with E-state index >= 15 is 0 Å². The van der Waals surface area contributed by atoms with Crippen molar-refractivity contribution in [2.75, 3.05) is 0 Å². The van der Waals surface area contributed by atoms with Gasteiger partial charge in [-0.2, -0.15) is 19.9 Å². The second-order valence-corrected chi connectivity index (χ2v) is 3.76. The Morgan fingerprint density at radius 2 is 1.95 bits per heavy atom. The molecule has 0 fully saturated rings. The highest BCUT2D eigenvalue weighted by atomic mass is 15.4. The molecule has 0 aliphatic heterocycles. The number of nitrogens with zero attached hydrogens (tertiary/aromatic N) is 6. The number of rotatable bonds is 2. The van der Waals surface area contributed by atoms with Gasteiger partial charge in [-0.1, -0.05) is 36.4 Å². The summed E-state index contributed by atoms with van der Waals surface area (Å²) in [5, 5.41) is 20.7. The van der Waals surface area contributed by atoms with Gasteiger partial charge in [-0.3, -0.25) is 0 Å². The van der Waals surface area contributed by atoms with E-state index in [1.807, 2.05) is 42.5 Å². The van der Waals surface area contributed by atoms with Crippen LogP contribution in [0.2, 0.25) is 0 Å². The third kappa shape index (κ3) is 2.05. The number of nitriles is 1. The highest BCUT2D eigenvalue weighted by Gasteiger charge is 2.08. The lowest BCUT2D eigenvalue weighted by Crippen LogP contribution is -2.03. The molecule has 6 nitrogen and oxygen atoms in total. The molecule has 0 aliphatic carbocycles. The van der Waals surface area contributed by atoms with E-state index < -0.39 is 0 Å². The van der Waals surface area contributed by atoms with Crippen LogP contribution in [0.15, 0.2) is 36.7 Å².